The molecule has 0 aliphatic carbocycles. The number of nitrogens with two attached hydrogens (primary N) is 1. The highest BCUT2D eigenvalue weighted by Gasteiger charge is 2.14. The van der Waals surface area contributed by atoms with E-state index in [0.29, 0.717) is 27.6 Å². The minimum absolute atomic E-state index is 0.0214. The number of imidazole rings is 1. The third-order valence-electron chi connectivity index (χ3n) is 5.09. The summed E-state index contributed by atoms with van der Waals surface area (Å²) in [5, 5.41) is 5.10. The maximum Gasteiger partial charge on any atom is 0.258 e. The smallest absolute Gasteiger partial charge is 0.258 e. The molecule has 0 saturated heterocycles. The summed E-state index contributed by atoms with van der Waals surface area (Å²) in [5.41, 5.74) is 9.72. The molecule has 1 aromatic carbocycles. The molecule has 5 rings (SSSR count). The second-order valence-electron chi connectivity index (χ2n) is 7.31. The molecule has 9 heteroatoms. The number of carbonyl (C=O) groups is 2. The van der Waals surface area contributed by atoms with Gasteiger partial charge in [-0.1, -0.05) is 30.3 Å². The van der Waals surface area contributed by atoms with Crippen molar-refractivity contribution in [3.8, 4) is 11.3 Å². The first-order valence-electron chi connectivity index (χ1n) is 10.1. The van der Waals surface area contributed by atoms with Crippen LogP contribution in [0.3, 0.4) is 0 Å². The molecule has 5 aromatic rings. The molecular weight excluding hydrogens is 436 g/mol. The first-order valence-corrected chi connectivity index (χ1v) is 11.0. The highest BCUT2D eigenvalue weighted by Crippen LogP contribution is 2.28. The zero-order valence-electron chi connectivity index (χ0n) is 17.3. The standard InChI is InChI=1S/C24H18N6O2S/c25-22(32)21-10-16(14-33-21)19-13-28-23(24-26-8-9-30(19)24)29-18-7-6-17(27-12-18)11-20(31)15-4-2-1-3-5-15/h1-10,12-14H,11H2,(H2,25,32)(H,28,29). The maximum absolute atomic E-state index is 12.4. The number of fused-ring (bicyclic) bond motifs is 1. The molecule has 0 atom stereocenters. The van der Waals surface area contributed by atoms with E-state index >= 15 is 0 Å². The van der Waals surface area contributed by atoms with E-state index in [1.807, 2.05) is 46.3 Å². The molecular formula is C24H18N6O2S. The molecule has 0 aliphatic heterocycles. The fourth-order valence-corrected chi connectivity index (χ4v) is 4.20. The van der Waals surface area contributed by atoms with Gasteiger partial charge in [0.15, 0.2) is 17.2 Å². The number of hydrogen-bond acceptors (Lipinski definition) is 7. The van der Waals surface area contributed by atoms with Crippen LogP contribution < -0.4 is 11.1 Å². The average molecular weight is 455 g/mol. The topological polar surface area (TPSA) is 115 Å². The molecule has 4 heterocycles. The number of anilines is 2. The number of nitrogens with one attached hydrogen (secondary N) is 1. The molecule has 3 N–H and O–H groups in total. The van der Waals surface area contributed by atoms with Crippen LogP contribution in [0.15, 0.2) is 78.7 Å². The molecule has 0 radical (unpaired) electrons. The highest BCUT2D eigenvalue weighted by atomic mass is 32.1. The van der Waals surface area contributed by atoms with Crippen molar-refractivity contribution in [3.63, 3.8) is 0 Å². The van der Waals surface area contributed by atoms with Crippen molar-refractivity contribution in [3.05, 3.63) is 94.8 Å². The lowest BCUT2D eigenvalue weighted by Crippen LogP contribution is -2.08. The van der Waals surface area contributed by atoms with Crippen molar-refractivity contribution in [2.75, 3.05) is 5.32 Å². The second kappa shape index (κ2) is 8.64. The number of nitrogens with zero attached hydrogens (tertiary/aromatic N) is 4. The van der Waals surface area contributed by atoms with Crippen LogP contribution in [0.5, 0.6) is 0 Å². The number of carbonyl (C=O) groups excluding carboxylic acids is 2. The summed E-state index contributed by atoms with van der Waals surface area (Å²) in [6.45, 7) is 0. The SMILES string of the molecule is NC(=O)c1cc(-c2cnc(Nc3ccc(CC(=O)c4ccccc4)nc3)c3nccn23)cs1. The Morgan fingerprint density at radius 2 is 1.88 bits per heavy atom. The summed E-state index contributed by atoms with van der Waals surface area (Å²) >= 11 is 1.29. The third-order valence-corrected chi connectivity index (χ3v) is 6.04. The van der Waals surface area contributed by atoms with Gasteiger partial charge in [0.05, 0.1) is 35.1 Å². The number of ketones is 1. The number of thiophene rings is 1. The van der Waals surface area contributed by atoms with Crippen LogP contribution in [0, 0.1) is 0 Å². The Kier molecular flexibility index (Phi) is 5.37. The van der Waals surface area contributed by atoms with E-state index in [0.717, 1.165) is 16.9 Å². The number of hydrogen-bond donors (Lipinski definition) is 2. The Bertz CT molecular complexity index is 1460. The van der Waals surface area contributed by atoms with Gasteiger partial charge in [0.1, 0.15) is 0 Å². The Morgan fingerprint density at radius 3 is 2.61 bits per heavy atom. The Balaban J connectivity index is 1.36. The van der Waals surface area contributed by atoms with E-state index in [-0.39, 0.29) is 12.2 Å². The lowest BCUT2D eigenvalue weighted by atomic mass is 10.1. The zero-order valence-corrected chi connectivity index (χ0v) is 18.1. The summed E-state index contributed by atoms with van der Waals surface area (Å²) in [7, 11) is 0. The van der Waals surface area contributed by atoms with E-state index in [1.165, 1.54) is 11.3 Å². The van der Waals surface area contributed by atoms with Gasteiger partial charge in [0, 0.05) is 34.6 Å². The highest BCUT2D eigenvalue weighted by molar-refractivity contribution is 7.12. The van der Waals surface area contributed by atoms with Crippen LogP contribution in [0.4, 0.5) is 11.5 Å². The lowest BCUT2D eigenvalue weighted by Gasteiger charge is -2.10. The number of Topliss-reactive ketones (excluding diaryl/α,β-unsaturated/α-hetero) is 1. The van der Waals surface area contributed by atoms with Crippen LogP contribution in [0.2, 0.25) is 0 Å². The first kappa shape index (κ1) is 20.5. The monoisotopic (exact) mass is 454 g/mol. The van der Waals surface area contributed by atoms with E-state index in [2.05, 4.69) is 20.3 Å². The van der Waals surface area contributed by atoms with Gasteiger partial charge < -0.3 is 11.1 Å². The van der Waals surface area contributed by atoms with Crippen molar-refractivity contribution in [2.24, 2.45) is 5.73 Å². The molecule has 0 spiro atoms. The molecule has 0 saturated carbocycles. The van der Waals surface area contributed by atoms with Gasteiger partial charge in [-0.25, -0.2) is 9.97 Å². The van der Waals surface area contributed by atoms with Gasteiger partial charge in [0.25, 0.3) is 5.91 Å². The van der Waals surface area contributed by atoms with Gasteiger partial charge >= 0.3 is 0 Å². The third kappa shape index (κ3) is 4.21. The Hall–Kier alpha value is -4.37. The van der Waals surface area contributed by atoms with E-state index in [4.69, 9.17) is 5.73 Å². The largest absolute Gasteiger partial charge is 0.365 e. The molecule has 0 fully saturated rings. The Morgan fingerprint density at radius 1 is 1.03 bits per heavy atom. The van der Waals surface area contributed by atoms with Crippen molar-refractivity contribution >= 4 is 40.2 Å². The quantitative estimate of drug-likeness (QED) is 0.358. The van der Waals surface area contributed by atoms with E-state index in [9.17, 15) is 9.59 Å². The van der Waals surface area contributed by atoms with Gasteiger partial charge in [0.2, 0.25) is 0 Å². The molecule has 0 unspecified atom stereocenters. The van der Waals surface area contributed by atoms with E-state index in [1.54, 1.807) is 36.8 Å². The number of rotatable bonds is 7. The van der Waals surface area contributed by atoms with E-state index < -0.39 is 5.91 Å². The van der Waals surface area contributed by atoms with Crippen LogP contribution in [-0.4, -0.2) is 31.0 Å². The first-order chi connectivity index (χ1) is 16.1. The lowest BCUT2D eigenvalue weighted by molar-refractivity contribution is 0.0987. The number of aromatic nitrogens is 4. The minimum atomic E-state index is -0.458. The van der Waals surface area contributed by atoms with Crippen LogP contribution in [0.25, 0.3) is 16.9 Å². The molecule has 1 amide bonds. The van der Waals surface area contributed by atoms with Gasteiger partial charge in [-0.15, -0.1) is 11.3 Å². The van der Waals surface area contributed by atoms with Gasteiger partial charge in [-0.05, 0) is 18.2 Å². The number of benzene rings is 1. The van der Waals surface area contributed by atoms with Gasteiger partial charge in [-0.3, -0.25) is 19.0 Å². The van der Waals surface area contributed by atoms with Crippen LogP contribution in [-0.2, 0) is 6.42 Å². The predicted molar refractivity (Wildman–Crippen MR) is 127 cm³/mol. The summed E-state index contributed by atoms with van der Waals surface area (Å²) < 4.78 is 1.89. The van der Waals surface area contributed by atoms with Gasteiger partial charge in [-0.2, -0.15) is 0 Å². The van der Waals surface area contributed by atoms with Crippen LogP contribution in [0.1, 0.15) is 25.7 Å². The molecule has 0 bridgehead atoms. The molecule has 8 nitrogen and oxygen atoms in total. The number of pyridine rings is 1. The van der Waals surface area contributed by atoms with Crippen molar-refractivity contribution in [2.45, 2.75) is 6.42 Å². The predicted octanol–water partition coefficient (Wildman–Crippen LogP) is 4.12. The molecule has 0 aliphatic rings. The average Bonchev–Trinajstić information content (AvgIpc) is 3.52. The normalized spacial score (nSPS) is 10.9. The minimum Gasteiger partial charge on any atom is -0.365 e. The number of amides is 1. The van der Waals surface area contributed by atoms with Crippen molar-refractivity contribution < 1.29 is 9.59 Å². The summed E-state index contributed by atoms with van der Waals surface area (Å²) in [4.78, 5) is 37.7. The summed E-state index contributed by atoms with van der Waals surface area (Å²) in [5.74, 6) is 0.123. The number of primary amides is 1. The fraction of sp³-hybridized carbons (Fsp3) is 0.0417. The second-order valence-corrected chi connectivity index (χ2v) is 8.22. The molecule has 162 valence electrons. The van der Waals surface area contributed by atoms with Crippen LogP contribution >= 0.6 is 11.3 Å². The molecule has 4 aromatic heterocycles. The Labute approximate surface area is 192 Å². The summed E-state index contributed by atoms with van der Waals surface area (Å²) in [6.07, 6.45) is 7.12. The van der Waals surface area contributed by atoms with Crippen molar-refractivity contribution in [1.82, 2.24) is 19.4 Å². The fourth-order valence-electron chi connectivity index (χ4n) is 3.45. The molecule has 33 heavy (non-hydrogen) atoms. The maximum atomic E-state index is 12.4. The van der Waals surface area contributed by atoms with Crippen molar-refractivity contribution in [1.29, 1.82) is 0 Å². The summed E-state index contributed by atoms with van der Waals surface area (Å²) in [6, 6.07) is 14.6. The zero-order chi connectivity index (χ0) is 22.8.